The number of amides is 2. The van der Waals surface area contributed by atoms with Crippen LogP contribution in [0.5, 0.6) is 0 Å². The number of aromatic nitrogens is 1. The second kappa shape index (κ2) is 8.44. The minimum absolute atomic E-state index is 0.318. The fourth-order valence-electron chi connectivity index (χ4n) is 2.23. The molecule has 0 spiro atoms. The van der Waals surface area contributed by atoms with E-state index in [2.05, 4.69) is 10.3 Å². The van der Waals surface area contributed by atoms with Crippen molar-refractivity contribution in [1.82, 2.24) is 9.88 Å². The van der Waals surface area contributed by atoms with Crippen LogP contribution in [0.3, 0.4) is 0 Å². The van der Waals surface area contributed by atoms with Crippen molar-refractivity contribution in [3.8, 4) is 6.07 Å². The van der Waals surface area contributed by atoms with Crippen molar-refractivity contribution >= 4 is 17.5 Å². The number of rotatable bonds is 5. The highest BCUT2D eigenvalue weighted by atomic mass is 16.2. The van der Waals surface area contributed by atoms with E-state index in [-0.39, 0.29) is 0 Å². The Bertz CT molecular complexity index is 753. The normalized spacial score (nSPS) is 9.83. The number of carbonyl (C=O) groups is 2. The molecule has 122 valence electrons. The van der Waals surface area contributed by atoms with Gasteiger partial charge in [0, 0.05) is 25.5 Å². The molecule has 1 heterocycles. The van der Waals surface area contributed by atoms with Crippen LogP contribution in [0.2, 0.25) is 0 Å². The summed E-state index contributed by atoms with van der Waals surface area (Å²) in [6.07, 6.45) is 4.03. The van der Waals surface area contributed by atoms with Gasteiger partial charge in [-0.25, -0.2) is 0 Å². The highest BCUT2D eigenvalue weighted by Gasteiger charge is 2.21. The van der Waals surface area contributed by atoms with E-state index >= 15 is 0 Å². The molecule has 2 aromatic rings. The highest BCUT2D eigenvalue weighted by Crippen LogP contribution is 2.13. The lowest BCUT2D eigenvalue weighted by Crippen LogP contribution is -2.40. The smallest absolute Gasteiger partial charge is 0.313 e. The predicted octanol–water partition coefficient (Wildman–Crippen LogP) is 1.98. The molecule has 6 nitrogen and oxygen atoms in total. The Labute approximate surface area is 140 Å². The van der Waals surface area contributed by atoms with Crippen LogP contribution in [-0.4, -0.2) is 34.8 Å². The van der Waals surface area contributed by atoms with E-state index in [1.165, 1.54) is 4.90 Å². The monoisotopic (exact) mass is 322 g/mol. The molecule has 0 aliphatic heterocycles. The van der Waals surface area contributed by atoms with Gasteiger partial charge in [-0.3, -0.25) is 14.6 Å². The summed E-state index contributed by atoms with van der Waals surface area (Å²) in [4.78, 5) is 29.9. The number of pyridine rings is 1. The number of hydrogen-bond donors (Lipinski definition) is 1. The Kier molecular flexibility index (Phi) is 6.03. The number of likely N-dealkylation sites (N-methyl/N-ethyl adjacent to an activating group) is 1. The van der Waals surface area contributed by atoms with Crippen LogP contribution in [0.25, 0.3) is 0 Å². The molecule has 0 aliphatic rings. The lowest BCUT2D eigenvalue weighted by Gasteiger charge is -2.20. The quantitative estimate of drug-likeness (QED) is 0.853. The van der Waals surface area contributed by atoms with Crippen LogP contribution >= 0.6 is 0 Å². The third kappa shape index (κ3) is 4.40. The van der Waals surface area contributed by atoms with Gasteiger partial charge in [-0.05, 0) is 43.2 Å². The molecule has 0 aliphatic carbocycles. The molecular weight excluding hydrogens is 304 g/mol. The SMILES string of the molecule is CCN(CCc1ccncc1)C(=O)C(=O)Nc1ccccc1C#N. The molecule has 0 saturated carbocycles. The van der Waals surface area contributed by atoms with Crippen LogP contribution in [0, 0.1) is 11.3 Å². The highest BCUT2D eigenvalue weighted by molar-refractivity contribution is 6.39. The second-order valence-electron chi connectivity index (χ2n) is 5.10. The Hall–Kier alpha value is -3.20. The molecule has 0 unspecified atom stereocenters. The van der Waals surface area contributed by atoms with Crippen LogP contribution in [0.4, 0.5) is 5.69 Å². The van der Waals surface area contributed by atoms with E-state index in [4.69, 9.17) is 5.26 Å². The number of nitrogens with zero attached hydrogens (tertiary/aromatic N) is 3. The van der Waals surface area contributed by atoms with Gasteiger partial charge in [-0.2, -0.15) is 5.26 Å². The van der Waals surface area contributed by atoms with Crippen LogP contribution in [0.1, 0.15) is 18.1 Å². The fraction of sp³-hybridized carbons (Fsp3) is 0.222. The topological polar surface area (TPSA) is 86.1 Å². The van der Waals surface area contributed by atoms with Crippen molar-refractivity contribution in [2.24, 2.45) is 0 Å². The Balaban J connectivity index is 1.99. The molecule has 0 bridgehead atoms. The number of carbonyl (C=O) groups excluding carboxylic acids is 2. The number of nitriles is 1. The maximum absolute atomic E-state index is 12.3. The fourth-order valence-corrected chi connectivity index (χ4v) is 2.23. The van der Waals surface area contributed by atoms with E-state index in [0.717, 1.165) is 5.56 Å². The molecule has 0 fully saturated rings. The molecule has 1 N–H and O–H groups in total. The summed E-state index contributed by atoms with van der Waals surface area (Å²) >= 11 is 0. The van der Waals surface area contributed by atoms with Crippen molar-refractivity contribution < 1.29 is 9.59 Å². The number of hydrogen-bond acceptors (Lipinski definition) is 4. The Morgan fingerprint density at radius 1 is 1.21 bits per heavy atom. The first-order valence-corrected chi connectivity index (χ1v) is 7.64. The Morgan fingerprint density at radius 2 is 1.92 bits per heavy atom. The number of para-hydroxylation sites is 1. The zero-order chi connectivity index (χ0) is 17.4. The second-order valence-corrected chi connectivity index (χ2v) is 5.10. The predicted molar refractivity (Wildman–Crippen MR) is 90.0 cm³/mol. The van der Waals surface area contributed by atoms with Crippen molar-refractivity contribution in [3.63, 3.8) is 0 Å². The first kappa shape index (κ1) is 17.2. The molecule has 24 heavy (non-hydrogen) atoms. The maximum Gasteiger partial charge on any atom is 0.313 e. The summed E-state index contributed by atoms with van der Waals surface area (Å²) in [6, 6.07) is 12.3. The number of benzene rings is 1. The number of anilines is 1. The van der Waals surface area contributed by atoms with E-state index in [1.807, 2.05) is 25.1 Å². The average Bonchev–Trinajstić information content (AvgIpc) is 2.63. The van der Waals surface area contributed by atoms with Gasteiger partial charge in [-0.1, -0.05) is 12.1 Å². The van der Waals surface area contributed by atoms with Crippen molar-refractivity contribution in [3.05, 3.63) is 59.9 Å². The van der Waals surface area contributed by atoms with Gasteiger partial charge in [-0.15, -0.1) is 0 Å². The largest absolute Gasteiger partial charge is 0.334 e. The molecule has 1 aromatic carbocycles. The molecule has 0 atom stereocenters. The minimum atomic E-state index is -0.741. The van der Waals surface area contributed by atoms with Crippen molar-refractivity contribution in [2.45, 2.75) is 13.3 Å². The third-order valence-corrected chi connectivity index (χ3v) is 3.58. The molecule has 0 saturated heterocycles. The summed E-state index contributed by atoms with van der Waals surface area (Å²) < 4.78 is 0. The van der Waals surface area contributed by atoms with Crippen LogP contribution in [-0.2, 0) is 16.0 Å². The van der Waals surface area contributed by atoms with E-state index in [9.17, 15) is 9.59 Å². The minimum Gasteiger partial charge on any atom is -0.334 e. The van der Waals surface area contributed by atoms with Crippen LogP contribution in [0.15, 0.2) is 48.8 Å². The third-order valence-electron chi connectivity index (χ3n) is 3.58. The van der Waals surface area contributed by atoms with Gasteiger partial charge in [0.2, 0.25) is 0 Å². The van der Waals surface area contributed by atoms with Gasteiger partial charge in [0.15, 0.2) is 0 Å². The van der Waals surface area contributed by atoms with Crippen molar-refractivity contribution in [2.75, 3.05) is 18.4 Å². The van der Waals surface area contributed by atoms with Crippen molar-refractivity contribution in [1.29, 1.82) is 5.26 Å². The summed E-state index contributed by atoms with van der Waals surface area (Å²) in [7, 11) is 0. The van der Waals surface area contributed by atoms with E-state index in [1.54, 1.807) is 36.7 Å². The first-order chi connectivity index (χ1) is 11.7. The molecule has 0 radical (unpaired) electrons. The lowest BCUT2D eigenvalue weighted by atomic mass is 10.2. The van der Waals surface area contributed by atoms with Gasteiger partial charge in [0.25, 0.3) is 0 Å². The molecular formula is C18H18N4O2. The molecule has 6 heteroatoms. The zero-order valence-corrected chi connectivity index (χ0v) is 13.4. The summed E-state index contributed by atoms with van der Waals surface area (Å²) in [6.45, 7) is 2.69. The van der Waals surface area contributed by atoms with Gasteiger partial charge >= 0.3 is 11.8 Å². The molecule has 2 rings (SSSR count). The standard InChI is InChI=1S/C18H18N4O2/c1-2-22(12-9-14-7-10-20-11-8-14)18(24)17(23)21-16-6-4-3-5-15(16)13-19/h3-8,10-11H,2,9,12H2,1H3,(H,21,23). The average molecular weight is 322 g/mol. The molecule has 1 aromatic heterocycles. The number of nitrogens with one attached hydrogen (secondary N) is 1. The maximum atomic E-state index is 12.3. The first-order valence-electron chi connectivity index (χ1n) is 7.64. The van der Waals surface area contributed by atoms with E-state index < -0.39 is 11.8 Å². The summed E-state index contributed by atoms with van der Waals surface area (Å²) in [5.74, 6) is -1.35. The van der Waals surface area contributed by atoms with Gasteiger partial charge in [0.1, 0.15) is 6.07 Å². The lowest BCUT2D eigenvalue weighted by molar-refractivity contribution is -0.143. The van der Waals surface area contributed by atoms with E-state index in [0.29, 0.717) is 30.8 Å². The molecule has 2 amide bonds. The summed E-state index contributed by atoms with van der Waals surface area (Å²) in [5.41, 5.74) is 1.70. The van der Waals surface area contributed by atoms with Crippen LogP contribution < -0.4 is 5.32 Å². The Morgan fingerprint density at radius 3 is 2.58 bits per heavy atom. The zero-order valence-electron chi connectivity index (χ0n) is 13.4. The van der Waals surface area contributed by atoms with Gasteiger partial charge < -0.3 is 10.2 Å². The summed E-state index contributed by atoms with van der Waals surface area (Å²) in [5, 5.41) is 11.5. The van der Waals surface area contributed by atoms with Gasteiger partial charge in [0.05, 0.1) is 11.3 Å².